The smallest absolute Gasteiger partial charge is 0.207 e. The number of fused-ring (bicyclic) bond motifs is 2. The quantitative estimate of drug-likeness (QED) is 0.321. The first-order valence-electron chi connectivity index (χ1n) is 12.1. The molecule has 32 heavy (non-hydrogen) atoms. The van der Waals surface area contributed by atoms with Gasteiger partial charge in [0, 0.05) is 6.54 Å². The van der Waals surface area contributed by atoms with E-state index in [0.717, 1.165) is 50.5 Å². The zero-order chi connectivity index (χ0) is 22.7. The van der Waals surface area contributed by atoms with E-state index >= 15 is 0 Å². The van der Waals surface area contributed by atoms with E-state index in [1.54, 1.807) is 16.4 Å². The monoisotopic (exact) mass is 449 g/mol. The molecule has 0 saturated heterocycles. The normalized spacial score (nSPS) is 16.5. The van der Waals surface area contributed by atoms with Gasteiger partial charge in [0.15, 0.2) is 0 Å². The van der Waals surface area contributed by atoms with E-state index in [4.69, 9.17) is 0 Å². The fraction of sp³-hybridized carbons (Fsp3) is 0.429. The lowest BCUT2D eigenvalue weighted by Gasteiger charge is -2.26. The van der Waals surface area contributed by atoms with Gasteiger partial charge in [-0.05, 0) is 71.8 Å². The van der Waals surface area contributed by atoms with Gasteiger partial charge in [0.25, 0.3) is 0 Å². The zero-order valence-corrected chi connectivity index (χ0v) is 20.4. The zero-order valence-electron chi connectivity index (χ0n) is 19.6. The van der Waals surface area contributed by atoms with Gasteiger partial charge >= 0.3 is 0 Å². The molecule has 1 aliphatic heterocycles. The molecule has 3 aromatic rings. The van der Waals surface area contributed by atoms with Gasteiger partial charge in [-0.15, -0.1) is 0 Å². The fourth-order valence-electron chi connectivity index (χ4n) is 5.07. The first-order chi connectivity index (χ1) is 15.5. The topological polar surface area (TPSA) is 37.4 Å². The van der Waals surface area contributed by atoms with Gasteiger partial charge in [-0.2, -0.15) is 4.31 Å². The molecule has 4 rings (SSSR count). The minimum atomic E-state index is -3.57. The summed E-state index contributed by atoms with van der Waals surface area (Å²) < 4.78 is 29.4. The number of unbranched alkanes of at least 4 members (excludes halogenated alkanes) is 3. The highest BCUT2D eigenvalue weighted by Gasteiger charge is 2.40. The average Bonchev–Trinajstić information content (AvgIpc) is 3.16. The number of sulfonamides is 1. The lowest BCUT2D eigenvalue weighted by atomic mass is 9.88. The Bertz CT molecular complexity index is 1180. The van der Waals surface area contributed by atoms with E-state index in [1.807, 2.05) is 19.1 Å². The molecule has 1 aliphatic rings. The minimum Gasteiger partial charge on any atom is -0.207 e. The van der Waals surface area contributed by atoms with E-state index < -0.39 is 10.0 Å². The largest absolute Gasteiger partial charge is 0.243 e. The highest BCUT2D eigenvalue weighted by atomic mass is 32.2. The van der Waals surface area contributed by atoms with Crippen LogP contribution in [0.15, 0.2) is 59.5 Å². The van der Waals surface area contributed by atoms with Gasteiger partial charge in [0.2, 0.25) is 10.0 Å². The summed E-state index contributed by atoms with van der Waals surface area (Å²) in [4.78, 5) is 0.399. The SMILES string of the molecule is CCCCC[C@H]1c2c(cc3ccccc3c2CCCC)CN1S(=O)(=O)c1ccc(C)cc1. The van der Waals surface area contributed by atoms with E-state index in [1.165, 1.54) is 27.5 Å². The minimum absolute atomic E-state index is 0.0840. The summed E-state index contributed by atoms with van der Waals surface area (Å²) >= 11 is 0. The summed E-state index contributed by atoms with van der Waals surface area (Å²) in [5.74, 6) is 0. The average molecular weight is 450 g/mol. The lowest BCUT2D eigenvalue weighted by Crippen LogP contribution is -2.30. The number of hydrogen-bond donors (Lipinski definition) is 0. The van der Waals surface area contributed by atoms with Crippen LogP contribution in [0.4, 0.5) is 0 Å². The van der Waals surface area contributed by atoms with Crippen molar-refractivity contribution in [3.8, 4) is 0 Å². The van der Waals surface area contributed by atoms with Crippen molar-refractivity contribution in [2.45, 2.75) is 83.2 Å². The molecule has 1 heterocycles. The van der Waals surface area contributed by atoms with E-state index in [0.29, 0.717) is 11.4 Å². The van der Waals surface area contributed by atoms with Crippen LogP contribution in [0, 0.1) is 6.92 Å². The number of hydrogen-bond acceptors (Lipinski definition) is 2. The highest BCUT2D eigenvalue weighted by Crippen LogP contribution is 2.45. The van der Waals surface area contributed by atoms with Crippen molar-refractivity contribution in [1.82, 2.24) is 4.31 Å². The van der Waals surface area contributed by atoms with Crippen molar-refractivity contribution in [2.75, 3.05) is 0 Å². The van der Waals surface area contributed by atoms with Crippen molar-refractivity contribution >= 4 is 20.8 Å². The summed E-state index contributed by atoms with van der Waals surface area (Å²) in [6.45, 7) is 6.87. The third-order valence-corrected chi connectivity index (χ3v) is 8.65. The van der Waals surface area contributed by atoms with Crippen molar-refractivity contribution in [3.05, 3.63) is 76.9 Å². The summed E-state index contributed by atoms with van der Waals surface area (Å²) in [7, 11) is -3.57. The van der Waals surface area contributed by atoms with E-state index in [9.17, 15) is 8.42 Å². The van der Waals surface area contributed by atoms with Crippen LogP contribution in [0.5, 0.6) is 0 Å². The summed E-state index contributed by atoms with van der Waals surface area (Å²) in [6.07, 6.45) is 7.43. The molecule has 0 fully saturated rings. The molecule has 4 heteroatoms. The highest BCUT2D eigenvalue weighted by molar-refractivity contribution is 7.89. The number of rotatable bonds is 9. The Labute approximate surface area is 193 Å². The first-order valence-corrected chi connectivity index (χ1v) is 13.5. The maximum Gasteiger partial charge on any atom is 0.243 e. The molecule has 0 N–H and O–H groups in total. The molecule has 1 atom stereocenters. The molecular formula is C28H35NO2S. The number of aryl methyl sites for hydroxylation is 2. The van der Waals surface area contributed by atoms with Crippen LogP contribution in [-0.4, -0.2) is 12.7 Å². The van der Waals surface area contributed by atoms with Crippen molar-refractivity contribution < 1.29 is 8.42 Å². The second-order valence-electron chi connectivity index (χ2n) is 9.13. The van der Waals surface area contributed by atoms with Gasteiger partial charge < -0.3 is 0 Å². The standard InChI is InChI=1S/C28H35NO2S/c1-4-6-8-14-27-28-23(19-22-11-9-10-13-25(22)26(28)12-7-5-2)20-29(27)32(30,31)24-17-15-21(3)16-18-24/h9-11,13,15-19,27H,4-8,12,14,20H2,1-3H3/t27-/m0/s1. The Hall–Kier alpha value is -2.17. The van der Waals surface area contributed by atoms with Crippen LogP contribution >= 0.6 is 0 Å². The van der Waals surface area contributed by atoms with Crippen molar-refractivity contribution in [2.24, 2.45) is 0 Å². The van der Waals surface area contributed by atoms with E-state index in [2.05, 4.69) is 44.2 Å². The third kappa shape index (κ3) is 4.35. The molecule has 0 aliphatic carbocycles. The molecule has 0 unspecified atom stereocenters. The van der Waals surface area contributed by atoms with Gasteiger partial charge in [-0.3, -0.25) is 0 Å². The van der Waals surface area contributed by atoms with Crippen LogP contribution in [0.1, 0.15) is 80.7 Å². The Morgan fingerprint density at radius 2 is 1.66 bits per heavy atom. The molecule has 0 saturated carbocycles. The van der Waals surface area contributed by atoms with Gasteiger partial charge in [-0.1, -0.05) is 81.5 Å². The molecule has 0 spiro atoms. The van der Waals surface area contributed by atoms with Gasteiger partial charge in [0.05, 0.1) is 10.9 Å². The predicted octanol–water partition coefficient (Wildman–Crippen LogP) is 7.32. The van der Waals surface area contributed by atoms with Crippen LogP contribution in [-0.2, 0) is 23.0 Å². The summed E-state index contributed by atoms with van der Waals surface area (Å²) in [6, 6.07) is 18.0. The molecule has 0 amide bonds. The van der Waals surface area contributed by atoms with Crippen molar-refractivity contribution in [1.29, 1.82) is 0 Å². The molecule has 3 aromatic carbocycles. The van der Waals surface area contributed by atoms with Crippen molar-refractivity contribution in [3.63, 3.8) is 0 Å². The molecule has 0 bridgehead atoms. The maximum atomic E-state index is 13.8. The Kier molecular flexibility index (Phi) is 7.02. The number of benzene rings is 3. The van der Waals surface area contributed by atoms with Crippen LogP contribution in [0.3, 0.4) is 0 Å². The summed E-state index contributed by atoms with van der Waals surface area (Å²) in [5.41, 5.74) is 4.90. The van der Waals surface area contributed by atoms with E-state index in [-0.39, 0.29) is 6.04 Å². The molecule has 0 aromatic heterocycles. The van der Waals surface area contributed by atoms with Gasteiger partial charge in [0.1, 0.15) is 0 Å². The second-order valence-corrected chi connectivity index (χ2v) is 11.0. The van der Waals surface area contributed by atoms with Crippen LogP contribution in [0.25, 0.3) is 10.8 Å². The first kappa shape index (κ1) is 23.0. The molecule has 170 valence electrons. The van der Waals surface area contributed by atoms with Crippen LogP contribution < -0.4 is 0 Å². The summed E-state index contributed by atoms with van der Waals surface area (Å²) in [5, 5.41) is 2.51. The number of nitrogens with zero attached hydrogens (tertiary/aromatic N) is 1. The molecule has 0 radical (unpaired) electrons. The molecule has 3 nitrogen and oxygen atoms in total. The van der Waals surface area contributed by atoms with Crippen LogP contribution in [0.2, 0.25) is 0 Å². The Balaban J connectivity index is 1.85. The molecular weight excluding hydrogens is 414 g/mol. The lowest BCUT2D eigenvalue weighted by molar-refractivity contribution is 0.326. The third-order valence-electron chi connectivity index (χ3n) is 6.78. The fourth-order valence-corrected chi connectivity index (χ4v) is 6.67. The predicted molar refractivity (Wildman–Crippen MR) is 133 cm³/mol. The van der Waals surface area contributed by atoms with Gasteiger partial charge in [-0.25, -0.2) is 8.42 Å². The maximum absolute atomic E-state index is 13.8. The Morgan fingerprint density at radius 1 is 0.938 bits per heavy atom. The second kappa shape index (κ2) is 9.76. The Morgan fingerprint density at radius 3 is 2.38 bits per heavy atom.